The van der Waals surface area contributed by atoms with Gasteiger partial charge in [-0.25, -0.2) is 0 Å². The van der Waals surface area contributed by atoms with E-state index in [1.54, 1.807) is 0 Å². The highest BCUT2D eigenvalue weighted by Crippen LogP contribution is 2.33. The van der Waals surface area contributed by atoms with Crippen LogP contribution in [0.4, 0.5) is 0 Å². The van der Waals surface area contributed by atoms with E-state index in [1.165, 1.54) is 41.7 Å². The molecule has 2 heterocycles. The zero-order valence-corrected chi connectivity index (χ0v) is 13.8. The topological polar surface area (TPSA) is 25.2 Å². The Bertz CT molecular complexity index is 586. The second-order valence-corrected chi connectivity index (χ2v) is 7.32. The monoisotopic (exact) mass is 303 g/mol. The molecule has 1 aliphatic rings. The molecule has 0 bridgehead atoms. The lowest BCUT2D eigenvalue weighted by molar-refractivity contribution is 0.338. The van der Waals surface area contributed by atoms with Gasteiger partial charge in [-0.15, -0.1) is 0 Å². The first kappa shape index (κ1) is 15.0. The predicted molar refractivity (Wildman–Crippen MR) is 92.0 cm³/mol. The number of fused-ring (bicyclic) bond motifs is 1. The summed E-state index contributed by atoms with van der Waals surface area (Å²) in [7, 11) is 0. The molecule has 2 nitrogen and oxygen atoms in total. The smallest absolute Gasteiger partial charge is 0.134 e. The van der Waals surface area contributed by atoms with E-state index >= 15 is 0 Å². The van der Waals surface area contributed by atoms with Crippen LogP contribution in [0.3, 0.4) is 0 Å². The highest BCUT2D eigenvalue weighted by atomic mass is 32.2. The van der Waals surface area contributed by atoms with Gasteiger partial charge in [0.15, 0.2) is 0 Å². The average Bonchev–Trinajstić information content (AvgIpc) is 2.91. The molecule has 1 unspecified atom stereocenters. The van der Waals surface area contributed by atoms with Crippen molar-refractivity contribution in [1.82, 2.24) is 5.32 Å². The van der Waals surface area contributed by atoms with Gasteiger partial charge in [0.2, 0.25) is 0 Å². The molecule has 21 heavy (non-hydrogen) atoms. The number of aryl methyl sites for hydroxylation is 1. The molecule has 1 aromatic carbocycles. The summed E-state index contributed by atoms with van der Waals surface area (Å²) in [5, 5.41) is 4.85. The molecule has 1 aromatic heterocycles. The van der Waals surface area contributed by atoms with Crippen LogP contribution in [0.5, 0.6) is 0 Å². The van der Waals surface area contributed by atoms with Crippen molar-refractivity contribution in [2.24, 2.45) is 5.92 Å². The summed E-state index contributed by atoms with van der Waals surface area (Å²) in [6, 6.07) is 9.01. The standard InChI is InChI=1S/C18H25NOS/c1-3-19-16(11-14-6-8-21-9-7-14)18-12-15-10-13(2)4-5-17(15)20-18/h4-5,10,12,14,16,19H,3,6-9,11H2,1-2H3. The molecule has 1 saturated heterocycles. The summed E-state index contributed by atoms with van der Waals surface area (Å²) >= 11 is 2.10. The zero-order valence-electron chi connectivity index (χ0n) is 13.0. The molecular formula is C18H25NOS. The van der Waals surface area contributed by atoms with Gasteiger partial charge < -0.3 is 9.73 Å². The first-order chi connectivity index (χ1) is 10.3. The minimum atomic E-state index is 0.357. The molecule has 0 spiro atoms. The number of thioether (sulfide) groups is 1. The molecule has 0 saturated carbocycles. The van der Waals surface area contributed by atoms with Crippen molar-refractivity contribution in [3.63, 3.8) is 0 Å². The van der Waals surface area contributed by atoms with Gasteiger partial charge in [0.05, 0.1) is 6.04 Å². The second kappa shape index (κ2) is 6.89. The van der Waals surface area contributed by atoms with Crippen LogP contribution < -0.4 is 5.32 Å². The van der Waals surface area contributed by atoms with Gasteiger partial charge in [0, 0.05) is 5.39 Å². The van der Waals surface area contributed by atoms with E-state index in [2.05, 4.69) is 55.2 Å². The highest BCUT2D eigenvalue weighted by molar-refractivity contribution is 7.99. The second-order valence-electron chi connectivity index (χ2n) is 6.09. The van der Waals surface area contributed by atoms with Crippen LogP contribution in [0.2, 0.25) is 0 Å². The van der Waals surface area contributed by atoms with E-state index in [-0.39, 0.29) is 0 Å². The summed E-state index contributed by atoms with van der Waals surface area (Å²) in [6.07, 6.45) is 3.91. The minimum absolute atomic E-state index is 0.357. The molecule has 0 amide bonds. The molecular weight excluding hydrogens is 278 g/mol. The predicted octanol–water partition coefficient (Wildman–Crippen LogP) is 4.93. The van der Waals surface area contributed by atoms with E-state index < -0.39 is 0 Å². The number of hydrogen-bond donors (Lipinski definition) is 1. The van der Waals surface area contributed by atoms with Crippen molar-refractivity contribution in [3.8, 4) is 0 Å². The number of rotatable bonds is 5. The van der Waals surface area contributed by atoms with Crippen molar-refractivity contribution >= 4 is 22.7 Å². The third-order valence-corrected chi connectivity index (χ3v) is 5.44. The Morgan fingerprint density at radius 1 is 1.29 bits per heavy atom. The van der Waals surface area contributed by atoms with Gasteiger partial charge in [0.1, 0.15) is 11.3 Å². The fraction of sp³-hybridized carbons (Fsp3) is 0.556. The van der Waals surface area contributed by atoms with Crippen molar-refractivity contribution in [3.05, 3.63) is 35.6 Å². The largest absolute Gasteiger partial charge is 0.459 e. The summed E-state index contributed by atoms with van der Waals surface area (Å²) in [4.78, 5) is 0. The summed E-state index contributed by atoms with van der Waals surface area (Å²) in [6.45, 7) is 5.30. The minimum Gasteiger partial charge on any atom is -0.459 e. The van der Waals surface area contributed by atoms with Crippen LogP contribution in [0.25, 0.3) is 11.0 Å². The van der Waals surface area contributed by atoms with Gasteiger partial charge in [-0.1, -0.05) is 18.6 Å². The van der Waals surface area contributed by atoms with Gasteiger partial charge in [-0.3, -0.25) is 0 Å². The van der Waals surface area contributed by atoms with Crippen LogP contribution in [0, 0.1) is 12.8 Å². The van der Waals surface area contributed by atoms with E-state index in [0.29, 0.717) is 6.04 Å². The Morgan fingerprint density at radius 2 is 2.10 bits per heavy atom. The zero-order chi connectivity index (χ0) is 14.7. The van der Waals surface area contributed by atoms with Gasteiger partial charge in [-0.05, 0) is 68.4 Å². The van der Waals surface area contributed by atoms with Crippen LogP contribution in [0.15, 0.2) is 28.7 Å². The average molecular weight is 303 g/mol. The van der Waals surface area contributed by atoms with Crippen LogP contribution in [-0.2, 0) is 0 Å². The van der Waals surface area contributed by atoms with E-state index in [0.717, 1.165) is 23.8 Å². The fourth-order valence-electron chi connectivity index (χ4n) is 3.22. The summed E-state index contributed by atoms with van der Waals surface area (Å²) < 4.78 is 6.11. The summed E-state index contributed by atoms with van der Waals surface area (Å²) in [5.74, 6) is 4.59. The third kappa shape index (κ3) is 3.64. The number of furan rings is 1. The Labute approximate surface area is 131 Å². The van der Waals surface area contributed by atoms with Crippen molar-refractivity contribution in [2.45, 2.75) is 39.2 Å². The molecule has 3 heteroatoms. The molecule has 1 fully saturated rings. The quantitative estimate of drug-likeness (QED) is 0.848. The van der Waals surface area contributed by atoms with Crippen molar-refractivity contribution in [1.29, 1.82) is 0 Å². The molecule has 1 atom stereocenters. The SMILES string of the molecule is CCNC(CC1CCSCC1)c1cc2cc(C)ccc2o1. The van der Waals surface area contributed by atoms with Gasteiger partial charge in [-0.2, -0.15) is 11.8 Å². The molecule has 0 aliphatic carbocycles. The Hall–Kier alpha value is -0.930. The van der Waals surface area contributed by atoms with E-state index in [9.17, 15) is 0 Å². The van der Waals surface area contributed by atoms with Crippen LogP contribution in [-0.4, -0.2) is 18.1 Å². The first-order valence-electron chi connectivity index (χ1n) is 8.07. The lowest BCUT2D eigenvalue weighted by atomic mass is 9.93. The van der Waals surface area contributed by atoms with Crippen LogP contribution in [0.1, 0.15) is 43.6 Å². The Morgan fingerprint density at radius 3 is 2.86 bits per heavy atom. The number of benzene rings is 1. The Balaban J connectivity index is 1.80. The lowest BCUT2D eigenvalue weighted by Crippen LogP contribution is -2.24. The van der Waals surface area contributed by atoms with Gasteiger partial charge >= 0.3 is 0 Å². The normalized spacial score (nSPS) is 18.2. The molecule has 0 radical (unpaired) electrons. The molecule has 114 valence electrons. The maximum atomic E-state index is 6.11. The first-order valence-corrected chi connectivity index (χ1v) is 9.23. The van der Waals surface area contributed by atoms with E-state index in [1.807, 2.05) is 0 Å². The molecule has 2 aromatic rings. The lowest BCUT2D eigenvalue weighted by Gasteiger charge is -2.25. The number of hydrogen-bond acceptors (Lipinski definition) is 3. The van der Waals surface area contributed by atoms with Crippen molar-refractivity contribution < 1.29 is 4.42 Å². The van der Waals surface area contributed by atoms with Gasteiger partial charge in [0.25, 0.3) is 0 Å². The molecule has 3 rings (SSSR count). The molecule has 1 N–H and O–H groups in total. The maximum Gasteiger partial charge on any atom is 0.134 e. The highest BCUT2D eigenvalue weighted by Gasteiger charge is 2.22. The maximum absolute atomic E-state index is 6.11. The molecule has 1 aliphatic heterocycles. The van der Waals surface area contributed by atoms with E-state index in [4.69, 9.17) is 4.42 Å². The number of nitrogens with one attached hydrogen (secondary N) is 1. The Kier molecular flexibility index (Phi) is 4.91. The van der Waals surface area contributed by atoms with Crippen LogP contribution >= 0.6 is 11.8 Å². The van der Waals surface area contributed by atoms with Crippen molar-refractivity contribution in [2.75, 3.05) is 18.1 Å². The summed E-state index contributed by atoms with van der Waals surface area (Å²) in [5.41, 5.74) is 2.30. The fourth-order valence-corrected chi connectivity index (χ4v) is 4.42. The third-order valence-electron chi connectivity index (χ3n) is 4.39.